The Morgan fingerprint density at radius 3 is 2.79 bits per heavy atom. The van der Waals surface area contributed by atoms with Gasteiger partial charge in [0.15, 0.2) is 5.78 Å². The normalized spacial score (nSPS) is 10.9. The van der Waals surface area contributed by atoms with E-state index in [9.17, 15) is 4.79 Å². The highest BCUT2D eigenvalue weighted by Crippen LogP contribution is 2.26. The summed E-state index contributed by atoms with van der Waals surface area (Å²) >= 11 is 1.38. The molecule has 0 amide bonds. The first-order valence-electron chi connectivity index (χ1n) is 5.85. The zero-order valence-corrected chi connectivity index (χ0v) is 11.9. The average molecular weight is 273 g/mol. The van der Waals surface area contributed by atoms with Gasteiger partial charge in [0.2, 0.25) is 0 Å². The number of allylic oxidation sites excluding steroid dienone is 1. The van der Waals surface area contributed by atoms with E-state index in [-0.39, 0.29) is 5.78 Å². The van der Waals surface area contributed by atoms with Crippen LogP contribution in [-0.2, 0) is 0 Å². The fourth-order valence-corrected chi connectivity index (χ4v) is 2.48. The highest BCUT2D eigenvalue weighted by Gasteiger charge is 2.14. The van der Waals surface area contributed by atoms with E-state index >= 15 is 0 Å². The summed E-state index contributed by atoms with van der Waals surface area (Å²) in [5.41, 5.74) is 1.55. The number of aromatic nitrogens is 2. The molecule has 0 N–H and O–H groups in total. The lowest BCUT2D eigenvalue weighted by Gasteiger charge is -2.01. The van der Waals surface area contributed by atoms with Gasteiger partial charge in [-0.3, -0.25) is 9.78 Å². The fourth-order valence-electron chi connectivity index (χ4n) is 1.52. The average Bonchev–Trinajstić information content (AvgIpc) is 2.79. The minimum Gasteiger partial charge on any atom is -0.383 e. The highest BCUT2D eigenvalue weighted by atomic mass is 32.1. The van der Waals surface area contributed by atoms with E-state index in [0.29, 0.717) is 4.88 Å². The van der Waals surface area contributed by atoms with Crippen LogP contribution < -0.4 is 0 Å². The molecule has 0 aliphatic heterocycles. The van der Waals surface area contributed by atoms with Crippen LogP contribution in [0, 0.1) is 6.92 Å². The summed E-state index contributed by atoms with van der Waals surface area (Å²) in [5, 5.41) is 0.778. The number of carbonyl (C=O) groups excluding carboxylic acids is 1. The van der Waals surface area contributed by atoms with Crippen LogP contribution in [0.3, 0.4) is 0 Å². The monoisotopic (exact) mass is 273 g/mol. The van der Waals surface area contributed by atoms with Crippen molar-refractivity contribution in [3.8, 4) is 10.7 Å². The second kappa shape index (κ2) is 5.75. The predicted octanol–water partition coefficient (Wildman–Crippen LogP) is 2.77. The van der Waals surface area contributed by atoms with Gasteiger partial charge in [-0.15, -0.1) is 11.3 Å². The van der Waals surface area contributed by atoms with E-state index in [1.807, 2.05) is 44.1 Å². The minimum atomic E-state index is -0.0223. The number of aryl methyl sites for hydroxylation is 1. The largest absolute Gasteiger partial charge is 0.383 e. The summed E-state index contributed by atoms with van der Waals surface area (Å²) in [7, 11) is 3.76. The van der Waals surface area contributed by atoms with Crippen LogP contribution in [0.1, 0.15) is 15.4 Å². The molecule has 2 rings (SSSR count). The number of ketones is 1. The Balaban J connectivity index is 2.29. The maximum absolute atomic E-state index is 12.1. The van der Waals surface area contributed by atoms with Crippen molar-refractivity contribution in [1.29, 1.82) is 0 Å². The second-order valence-electron chi connectivity index (χ2n) is 4.29. The lowest BCUT2D eigenvalue weighted by Crippen LogP contribution is -2.02. The Labute approximate surface area is 116 Å². The van der Waals surface area contributed by atoms with Crippen LogP contribution in [0.2, 0.25) is 0 Å². The molecule has 0 bridgehead atoms. The lowest BCUT2D eigenvalue weighted by atomic mass is 10.3. The maximum atomic E-state index is 12.1. The molecule has 2 heterocycles. The van der Waals surface area contributed by atoms with Crippen molar-refractivity contribution in [1.82, 2.24) is 14.9 Å². The third kappa shape index (κ3) is 3.26. The van der Waals surface area contributed by atoms with Crippen LogP contribution in [0.15, 0.2) is 36.7 Å². The molecule has 0 fully saturated rings. The zero-order chi connectivity index (χ0) is 13.8. The topological polar surface area (TPSA) is 46.1 Å². The van der Waals surface area contributed by atoms with Crippen LogP contribution in [-0.4, -0.2) is 34.7 Å². The van der Waals surface area contributed by atoms with Gasteiger partial charge in [-0.2, -0.15) is 0 Å². The van der Waals surface area contributed by atoms with E-state index in [2.05, 4.69) is 9.97 Å². The van der Waals surface area contributed by atoms with Gasteiger partial charge in [-0.1, -0.05) is 6.07 Å². The summed E-state index contributed by atoms with van der Waals surface area (Å²) in [6, 6.07) is 5.66. The predicted molar refractivity (Wildman–Crippen MR) is 77.2 cm³/mol. The number of hydrogen-bond donors (Lipinski definition) is 0. The number of carbonyl (C=O) groups is 1. The first-order chi connectivity index (χ1) is 9.08. The van der Waals surface area contributed by atoms with Gasteiger partial charge in [-0.05, 0) is 19.1 Å². The molecule has 98 valence electrons. The highest BCUT2D eigenvalue weighted by molar-refractivity contribution is 7.17. The zero-order valence-electron chi connectivity index (χ0n) is 11.1. The molecule has 19 heavy (non-hydrogen) atoms. The van der Waals surface area contributed by atoms with Crippen LogP contribution in [0.25, 0.3) is 10.7 Å². The van der Waals surface area contributed by atoms with Crippen molar-refractivity contribution in [2.24, 2.45) is 0 Å². The van der Waals surface area contributed by atoms with Gasteiger partial charge < -0.3 is 4.90 Å². The maximum Gasteiger partial charge on any atom is 0.199 e. The molecule has 2 aromatic rings. The van der Waals surface area contributed by atoms with Gasteiger partial charge in [-0.25, -0.2) is 4.98 Å². The van der Waals surface area contributed by atoms with Crippen molar-refractivity contribution in [2.45, 2.75) is 6.92 Å². The summed E-state index contributed by atoms with van der Waals surface area (Å²) in [6.45, 7) is 1.85. The molecular weight excluding hydrogens is 258 g/mol. The molecule has 0 aromatic carbocycles. The molecule has 0 aliphatic rings. The molecule has 0 spiro atoms. The Bertz CT molecular complexity index is 602. The number of rotatable bonds is 4. The first-order valence-corrected chi connectivity index (χ1v) is 6.67. The standard InChI is InChI=1S/C14H15N3OS/c1-10-13(12(18)7-9-17(2)3)19-14(16-10)11-6-4-5-8-15-11/h4-9H,1-3H3. The fraction of sp³-hybridized carbons (Fsp3) is 0.214. The van der Waals surface area contributed by atoms with E-state index in [1.54, 1.807) is 18.5 Å². The van der Waals surface area contributed by atoms with Crippen molar-refractivity contribution < 1.29 is 4.79 Å². The molecule has 0 unspecified atom stereocenters. The number of thiazole rings is 1. The van der Waals surface area contributed by atoms with Gasteiger partial charge >= 0.3 is 0 Å². The van der Waals surface area contributed by atoms with Crippen molar-refractivity contribution >= 4 is 17.1 Å². The smallest absolute Gasteiger partial charge is 0.199 e. The summed E-state index contributed by atoms with van der Waals surface area (Å²) in [5.74, 6) is -0.0223. The third-order valence-electron chi connectivity index (χ3n) is 2.43. The van der Waals surface area contributed by atoms with Gasteiger partial charge in [0.25, 0.3) is 0 Å². The van der Waals surface area contributed by atoms with Crippen LogP contribution >= 0.6 is 11.3 Å². The number of nitrogens with zero attached hydrogens (tertiary/aromatic N) is 3. The Hall–Kier alpha value is -2.01. The van der Waals surface area contributed by atoms with E-state index < -0.39 is 0 Å². The van der Waals surface area contributed by atoms with Crippen molar-refractivity contribution in [3.63, 3.8) is 0 Å². The van der Waals surface area contributed by atoms with Gasteiger partial charge in [0.1, 0.15) is 5.01 Å². The number of pyridine rings is 1. The van der Waals surface area contributed by atoms with E-state index in [0.717, 1.165) is 16.4 Å². The Morgan fingerprint density at radius 1 is 1.37 bits per heavy atom. The van der Waals surface area contributed by atoms with Crippen LogP contribution in [0.5, 0.6) is 0 Å². The molecule has 2 aromatic heterocycles. The number of hydrogen-bond acceptors (Lipinski definition) is 5. The van der Waals surface area contributed by atoms with Gasteiger partial charge in [0, 0.05) is 32.6 Å². The summed E-state index contributed by atoms with van der Waals surface area (Å²) < 4.78 is 0. The second-order valence-corrected chi connectivity index (χ2v) is 5.29. The van der Waals surface area contributed by atoms with E-state index in [4.69, 9.17) is 0 Å². The molecule has 0 aliphatic carbocycles. The van der Waals surface area contributed by atoms with Crippen LogP contribution in [0.4, 0.5) is 0 Å². The first kappa shape index (κ1) is 13.4. The van der Waals surface area contributed by atoms with Crippen molar-refractivity contribution in [3.05, 3.63) is 47.2 Å². The summed E-state index contributed by atoms with van der Waals surface area (Å²) in [6.07, 6.45) is 5.02. The van der Waals surface area contributed by atoms with Gasteiger partial charge in [0.05, 0.1) is 16.3 Å². The van der Waals surface area contributed by atoms with Crippen molar-refractivity contribution in [2.75, 3.05) is 14.1 Å². The molecule has 0 atom stereocenters. The quantitative estimate of drug-likeness (QED) is 0.635. The minimum absolute atomic E-state index is 0.0223. The summed E-state index contributed by atoms with van der Waals surface area (Å²) in [4.78, 5) is 23.2. The molecule has 0 radical (unpaired) electrons. The molecule has 5 heteroatoms. The molecule has 0 saturated carbocycles. The molecule has 4 nitrogen and oxygen atoms in total. The molecule has 0 saturated heterocycles. The van der Waals surface area contributed by atoms with E-state index in [1.165, 1.54) is 11.3 Å². The Kier molecular flexibility index (Phi) is 4.06. The molecular formula is C14H15N3OS. The third-order valence-corrected chi connectivity index (χ3v) is 3.62. The lowest BCUT2D eigenvalue weighted by molar-refractivity contribution is 0.104. The Morgan fingerprint density at radius 2 is 2.16 bits per heavy atom. The SMILES string of the molecule is Cc1nc(-c2ccccn2)sc1C(=O)C=CN(C)C.